The van der Waals surface area contributed by atoms with Crippen molar-refractivity contribution in [1.29, 1.82) is 0 Å². The Balaban J connectivity index is 2.22. The van der Waals surface area contributed by atoms with E-state index in [2.05, 4.69) is 10.3 Å². The third-order valence-corrected chi connectivity index (χ3v) is 3.73. The van der Waals surface area contributed by atoms with E-state index in [1.807, 2.05) is 54.6 Å². The molecule has 3 rings (SSSR count). The van der Waals surface area contributed by atoms with Gasteiger partial charge in [-0.05, 0) is 17.2 Å². The molecule has 1 heterocycles. The fourth-order valence-corrected chi connectivity index (χ4v) is 2.57. The lowest BCUT2D eigenvalue weighted by Crippen LogP contribution is -2.15. The number of nitrogen functional groups attached to an aromatic ring is 1. The molecule has 0 aliphatic heterocycles. The first-order valence-electron chi connectivity index (χ1n) is 7.58. The first kappa shape index (κ1) is 15.6. The zero-order valence-electron chi connectivity index (χ0n) is 13.3. The maximum absolute atomic E-state index is 12.0. The van der Waals surface area contributed by atoms with Crippen molar-refractivity contribution in [3.05, 3.63) is 84.2 Å². The van der Waals surface area contributed by atoms with E-state index >= 15 is 0 Å². The quantitative estimate of drug-likeness (QED) is 0.726. The van der Waals surface area contributed by atoms with Crippen LogP contribution in [0.1, 0.15) is 11.1 Å². The molecule has 0 bridgehead atoms. The van der Waals surface area contributed by atoms with Gasteiger partial charge in [-0.3, -0.25) is 9.36 Å². The lowest BCUT2D eigenvalue weighted by atomic mass is 9.95. The molecule has 0 unspecified atom stereocenters. The predicted molar refractivity (Wildman–Crippen MR) is 95.6 cm³/mol. The highest BCUT2D eigenvalue weighted by Gasteiger charge is 2.13. The van der Waals surface area contributed by atoms with E-state index in [1.165, 1.54) is 0 Å². The number of carbonyl (C=O) groups excluding carboxylic acids is 1. The zero-order chi connectivity index (χ0) is 16.9. The maximum atomic E-state index is 12.0. The Hall–Kier alpha value is -3.34. The molecule has 0 spiro atoms. The highest BCUT2D eigenvalue weighted by atomic mass is 16.1. The third-order valence-electron chi connectivity index (χ3n) is 3.73. The second-order valence-electron chi connectivity index (χ2n) is 5.21. The van der Waals surface area contributed by atoms with Gasteiger partial charge in [0.2, 0.25) is 11.9 Å². The Morgan fingerprint density at radius 2 is 1.83 bits per heavy atom. The van der Waals surface area contributed by atoms with Crippen molar-refractivity contribution >= 4 is 17.4 Å². The minimum Gasteiger partial charge on any atom is -0.369 e. The fraction of sp³-hybridized carbons (Fsp3) is 0.0526. The monoisotopic (exact) mass is 318 g/mol. The number of aromatic nitrogens is 2. The number of carbonyl (C=O) groups is 1. The second kappa shape index (κ2) is 6.83. The van der Waals surface area contributed by atoms with Crippen LogP contribution < -0.4 is 11.1 Å². The number of anilines is 1. The number of para-hydroxylation sites is 1. The van der Waals surface area contributed by atoms with E-state index in [1.54, 1.807) is 30.1 Å². The summed E-state index contributed by atoms with van der Waals surface area (Å²) in [7, 11) is 1.61. The number of likely N-dealkylation sites (N-methyl/N-ethyl adjacent to an activating group) is 1. The Morgan fingerprint density at radius 1 is 1.12 bits per heavy atom. The summed E-state index contributed by atoms with van der Waals surface area (Å²) in [5.41, 5.74) is 9.50. The fourth-order valence-electron chi connectivity index (χ4n) is 2.57. The number of hydrogen-bond donors (Lipinski definition) is 2. The van der Waals surface area contributed by atoms with Crippen LogP contribution in [-0.2, 0) is 4.79 Å². The summed E-state index contributed by atoms with van der Waals surface area (Å²) in [6.45, 7) is 0. The number of hydrogen-bond acceptors (Lipinski definition) is 3. The van der Waals surface area contributed by atoms with E-state index in [0.717, 1.165) is 22.4 Å². The predicted octanol–water partition coefficient (Wildman–Crippen LogP) is 2.63. The molecule has 24 heavy (non-hydrogen) atoms. The smallest absolute Gasteiger partial charge is 0.244 e. The molecular weight excluding hydrogens is 300 g/mol. The summed E-state index contributed by atoms with van der Waals surface area (Å²) in [6.07, 6.45) is 5.05. The first-order chi connectivity index (χ1) is 11.7. The van der Waals surface area contributed by atoms with Crippen LogP contribution in [0.4, 0.5) is 5.95 Å². The average Bonchev–Trinajstić information content (AvgIpc) is 3.06. The lowest BCUT2D eigenvalue weighted by molar-refractivity contribution is -0.116. The van der Waals surface area contributed by atoms with Crippen LogP contribution in [0.5, 0.6) is 0 Å². The average molecular weight is 318 g/mol. The third kappa shape index (κ3) is 3.05. The SMILES string of the molecule is CNC(=O)/C=C(\c1ccccc1)c1ccccc1-n1ccnc1N. The van der Waals surface area contributed by atoms with Crippen molar-refractivity contribution in [2.75, 3.05) is 12.8 Å². The van der Waals surface area contributed by atoms with Gasteiger partial charge in [0.1, 0.15) is 0 Å². The van der Waals surface area contributed by atoms with Gasteiger partial charge in [-0.1, -0.05) is 48.5 Å². The standard InChI is InChI=1S/C19H18N4O/c1-21-18(24)13-16(14-7-3-2-4-8-14)15-9-5-6-10-17(15)23-12-11-22-19(23)20/h2-13H,1H3,(H2,20,22)(H,21,24)/b16-13+. The molecule has 0 saturated heterocycles. The van der Waals surface area contributed by atoms with E-state index in [4.69, 9.17) is 5.73 Å². The van der Waals surface area contributed by atoms with E-state index in [9.17, 15) is 4.79 Å². The molecule has 0 fully saturated rings. The van der Waals surface area contributed by atoms with Gasteiger partial charge >= 0.3 is 0 Å². The van der Waals surface area contributed by atoms with Crippen molar-refractivity contribution < 1.29 is 4.79 Å². The molecule has 0 radical (unpaired) electrons. The van der Waals surface area contributed by atoms with Gasteiger partial charge in [0, 0.05) is 31.1 Å². The van der Waals surface area contributed by atoms with E-state index in [-0.39, 0.29) is 5.91 Å². The number of amides is 1. The molecule has 0 aliphatic rings. The van der Waals surface area contributed by atoms with Crippen LogP contribution in [0, 0.1) is 0 Å². The minimum atomic E-state index is -0.165. The molecule has 1 aromatic heterocycles. The number of nitrogens with two attached hydrogens (primary N) is 1. The Labute approximate surface area is 140 Å². The van der Waals surface area contributed by atoms with E-state index < -0.39 is 0 Å². The van der Waals surface area contributed by atoms with Crippen molar-refractivity contribution in [1.82, 2.24) is 14.9 Å². The molecule has 0 atom stereocenters. The highest BCUT2D eigenvalue weighted by Crippen LogP contribution is 2.29. The molecule has 5 nitrogen and oxygen atoms in total. The number of imidazole rings is 1. The molecule has 120 valence electrons. The summed E-state index contributed by atoms with van der Waals surface area (Å²) in [6, 6.07) is 17.6. The van der Waals surface area contributed by atoms with Gasteiger partial charge in [-0.2, -0.15) is 0 Å². The van der Waals surface area contributed by atoms with Crippen LogP contribution in [-0.4, -0.2) is 22.5 Å². The van der Waals surface area contributed by atoms with Crippen LogP contribution in [0.2, 0.25) is 0 Å². The number of rotatable bonds is 4. The summed E-state index contributed by atoms with van der Waals surface area (Å²) < 4.78 is 1.80. The van der Waals surface area contributed by atoms with Gasteiger partial charge in [0.15, 0.2) is 0 Å². The minimum absolute atomic E-state index is 0.165. The van der Waals surface area contributed by atoms with Crippen LogP contribution >= 0.6 is 0 Å². The van der Waals surface area contributed by atoms with Crippen molar-refractivity contribution in [2.24, 2.45) is 0 Å². The summed E-state index contributed by atoms with van der Waals surface area (Å²) in [5, 5.41) is 2.64. The molecule has 0 aliphatic carbocycles. The van der Waals surface area contributed by atoms with Gasteiger partial charge in [-0.25, -0.2) is 4.98 Å². The normalized spacial score (nSPS) is 11.3. The highest BCUT2D eigenvalue weighted by molar-refractivity contribution is 6.00. The Kier molecular flexibility index (Phi) is 4.43. The molecule has 0 saturated carbocycles. The number of benzene rings is 2. The largest absolute Gasteiger partial charge is 0.369 e. The molecule has 2 aromatic carbocycles. The van der Waals surface area contributed by atoms with Crippen LogP contribution in [0.25, 0.3) is 11.3 Å². The summed E-state index contributed by atoms with van der Waals surface area (Å²) in [4.78, 5) is 16.1. The molecule has 5 heteroatoms. The van der Waals surface area contributed by atoms with Crippen molar-refractivity contribution in [3.63, 3.8) is 0 Å². The number of nitrogens with zero attached hydrogens (tertiary/aromatic N) is 2. The molecule has 1 amide bonds. The molecular formula is C19H18N4O. The maximum Gasteiger partial charge on any atom is 0.244 e. The second-order valence-corrected chi connectivity index (χ2v) is 5.21. The number of nitrogens with one attached hydrogen (secondary N) is 1. The summed E-state index contributed by atoms with van der Waals surface area (Å²) >= 11 is 0. The van der Waals surface area contributed by atoms with Crippen molar-refractivity contribution in [3.8, 4) is 5.69 Å². The Bertz CT molecular complexity index is 881. The Morgan fingerprint density at radius 3 is 2.50 bits per heavy atom. The van der Waals surface area contributed by atoms with Crippen LogP contribution in [0.3, 0.4) is 0 Å². The molecule has 3 aromatic rings. The zero-order valence-corrected chi connectivity index (χ0v) is 13.3. The molecule has 3 N–H and O–H groups in total. The van der Waals surface area contributed by atoms with Crippen LogP contribution in [0.15, 0.2) is 73.1 Å². The van der Waals surface area contributed by atoms with Gasteiger partial charge in [0.05, 0.1) is 5.69 Å². The van der Waals surface area contributed by atoms with Gasteiger partial charge < -0.3 is 11.1 Å². The summed E-state index contributed by atoms with van der Waals surface area (Å²) in [5.74, 6) is 0.233. The van der Waals surface area contributed by atoms with E-state index in [0.29, 0.717) is 5.95 Å². The van der Waals surface area contributed by atoms with Gasteiger partial charge in [0.25, 0.3) is 0 Å². The lowest BCUT2D eigenvalue weighted by Gasteiger charge is -2.15. The van der Waals surface area contributed by atoms with Gasteiger partial charge in [-0.15, -0.1) is 0 Å². The van der Waals surface area contributed by atoms with Crippen molar-refractivity contribution in [2.45, 2.75) is 0 Å². The topological polar surface area (TPSA) is 72.9 Å². The first-order valence-corrected chi connectivity index (χ1v) is 7.58.